The number of halogens is 1. The summed E-state index contributed by atoms with van der Waals surface area (Å²) in [6.07, 6.45) is 1.61. The Morgan fingerprint density at radius 3 is 2.37 bits per heavy atom. The highest BCUT2D eigenvalue weighted by atomic mass is 19.1. The summed E-state index contributed by atoms with van der Waals surface area (Å²) >= 11 is 0. The van der Waals surface area contributed by atoms with Crippen molar-refractivity contribution in [3.63, 3.8) is 0 Å². The van der Waals surface area contributed by atoms with E-state index >= 15 is 0 Å². The second-order valence-corrected chi connectivity index (χ2v) is 8.05. The molecule has 1 amide bonds. The lowest BCUT2D eigenvalue weighted by molar-refractivity contribution is 0.0696. The Kier molecular flexibility index (Phi) is 5.21. The van der Waals surface area contributed by atoms with Crippen molar-refractivity contribution in [1.82, 2.24) is 9.88 Å². The molecular weight excluding hydrogens is 451 g/mol. The minimum atomic E-state index is -1.08. The standard InChI is InChI=1S/C27H19FN2O5/c1-14(31)30-11-10-19-23(30)20(16-4-3-5-17(12-16)27(33)34)13-21-22(26(32)29-2)24(35-25(19)21)15-6-8-18(28)9-7-15/h3-13H,1-2H3,(H,29,32)(H,33,34). The van der Waals surface area contributed by atoms with Crippen LogP contribution in [0.1, 0.15) is 32.4 Å². The van der Waals surface area contributed by atoms with Crippen molar-refractivity contribution in [2.24, 2.45) is 0 Å². The van der Waals surface area contributed by atoms with E-state index in [1.54, 1.807) is 30.5 Å². The summed E-state index contributed by atoms with van der Waals surface area (Å²) in [6, 6.07) is 15.4. The predicted molar refractivity (Wildman–Crippen MR) is 129 cm³/mol. The SMILES string of the molecule is CNC(=O)c1c(-c2ccc(F)cc2)oc2c1cc(-c1cccc(C(=O)O)c1)c1c2ccn1C(C)=O. The van der Waals surface area contributed by atoms with Gasteiger partial charge in [-0.15, -0.1) is 0 Å². The number of aromatic carboxylic acids is 1. The molecule has 0 saturated carbocycles. The van der Waals surface area contributed by atoms with Gasteiger partial charge in [0.2, 0.25) is 5.91 Å². The van der Waals surface area contributed by atoms with Crippen LogP contribution in [-0.4, -0.2) is 34.5 Å². The molecule has 5 rings (SSSR count). The molecule has 7 nitrogen and oxygen atoms in total. The van der Waals surface area contributed by atoms with Gasteiger partial charge in [0, 0.05) is 42.1 Å². The monoisotopic (exact) mass is 470 g/mol. The molecule has 2 N–H and O–H groups in total. The quantitative estimate of drug-likeness (QED) is 0.357. The van der Waals surface area contributed by atoms with Gasteiger partial charge in [-0.1, -0.05) is 12.1 Å². The Morgan fingerprint density at radius 2 is 1.71 bits per heavy atom. The number of fused-ring (bicyclic) bond motifs is 3. The number of amides is 1. The molecule has 0 atom stereocenters. The van der Waals surface area contributed by atoms with Crippen molar-refractivity contribution < 1.29 is 28.3 Å². The summed E-state index contributed by atoms with van der Waals surface area (Å²) in [5.41, 5.74) is 2.88. The van der Waals surface area contributed by atoms with E-state index in [2.05, 4.69) is 5.32 Å². The molecule has 2 heterocycles. The van der Waals surface area contributed by atoms with Gasteiger partial charge in [0.05, 0.1) is 16.6 Å². The Morgan fingerprint density at radius 1 is 0.971 bits per heavy atom. The number of furan rings is 1. The fraction of sp³-hybridized carbons (Fsp3) is 0.0741. The van der Waals surface area contributed by atoms with Crippen LogP contribution in [0.4, 0.5) is 4.39 Å². The van der Waals surface area contributed by atoms with Crippen molar-refractivity contribution in [3.05, 3.63) is 83.8 Å². The van der Waals surface area contributed by atoms with Crippen molar-refractivity contribution in [1.29, 1.82) is 0 Å². The van der Waals surface area contributed by atoms with Gasteiger partial charge in [0.25, 0.3) is 5.91 Å². The number of nitrogens with one attached hydrogen (secondary N) is 1. The van der Waals surface area contributed by atoms with Crippen LogP contribution in [0.3, 0.4) is 0 Å². The summed E-state index contributed by atoms with van der Waals surface area (Å²) in [4.78, 5) is 37.0. The van der Waals surface area contributed by atoms with E-state index in [9.17, 15) is 23.9 Å². The first-order valence-electron chi connectivity index (χ1n) is 10.7. The Labute approximate surface area is 198 Å². The van der Waals surface area contributed by atoms with Gasteiger partial charge in [-0.3, -0.25) is 14.2 Å². The molecule has 2 aromatic heterocycles. The summed E-state index contributed by atoms with van der Waals surface area (Å²) in [5.74, 6) is -1.90. The van der Waals surface area contributed by atoms with Crippen molar-refractivity contribution >= 4 is 39.7 Å². The number of hydrogen-bond acceptors (Lipinski definition) is 4. The van der Waals surface area contributed by atoms with Crippen molar-refractivity contribution in [2.45, 2.75) is 6.92 Å². The first-order chi connectivity index (χ1) is 16.8. The smallest absolute Gasteiger partial charge is 0.335 e. The third-order valence-corrected chi connectivity index (χ3v) is 5.94. The molecule has 3 aromatic carbocycles. The normalized spacial score (nSPS) is 11.2. The number of carbonyl (C=O) groups excluding carboxylic acids is 2. The molecule has 0 fully saturated rings. The Hall–Kier alpha value is -4.72. The first-order valence-corrected chi connectivity index (χ1v) is 10.7. The lowest BCUT2D eigenvalue weighted by atomic mass is 9.96. The summed E-state index contributed by atoms with van der Waals surface area (Å²) in [5, 5.41) is 13.2. The molecule has 0 saturated heterocycles. The van der Waals surface area contributed by atoms with E-state index in [0.717, 1.165) is 0 Å². The molecule has 174 valence electrons. The van der Waals surface area contributed by atoms with E-state index in [1.165, 1.54) is 54.9 Å². The third kappa shape index (κ3) is 3.56. The lowest BCUT2D eigenvalue weighted by Crippen LogP contribution is -2.18. The van der Waals surface area contributed by atoms with Crippen LogP contribution in [0, 0.1) is 5.82 Å². The van der Waals surface area contributed by atoms with Gasteiger partial charge in [-0.05, 0) is 54.1 Å². The molecule has 0 aliphatic rings. The molecular formula is C27H19FN2O5. The molecule has 0 unspecified atom stereocenters. The third-order valence-electron chi connectivity index (χ3n) is 5.94. The van der Waals surface area contributed by atoms with Crippen LogP contribution < -0.4 is 5.32 Å². The van der Waals surface area contributed by atoms with Gasteiger partial charge in [0.15, 0.2) is 0 Å². The number of nitrogens with zero attached hydrogens (tertiary/aromatic N) is 1. The molecule has 0 aliphatic carbocycles. The van der Waals surface area contributed by atoms with Gasteiger partial charge in [-0.2, -0.15) is 0 Å². The largest absolute Gasteiger partial charge is 0.478 e. The van der Waals surface area contributed by atoms with Crippen LogP contribution >= 0.6 is 0 Å². The number of rotatable bonds is 4. The molecule has 35 heavy (non-hydrogen) atoms. The molecule has 0 spiro atoms. The summed E-state index contributed by atoms with van der Waals surface area (Å²) in [6.45, 7) is 1.42. The molecule has 8 heteroatoms. The van der Waals surface area contributed by atoms with E-state index in [4.69, 9.17) is 4.42 Å². The molecule has 0 bridgehead atoms. The highest BCUT2D eigenvalue weighted by Crippen LogP contribution is 2.42. The number of carboxylic acids is 1. The number of aromatic nitrogens is 1. The predicted octanol–water partition coefficient (Wildman–Crippen LogP) is 5.58. The lowest BCUT2D eigenvalue weighted by Gasteiger charge is -2.10. The van der Waals surface area contributed by atoms with Gasteiger partial charge >= 0.3 is 5.97 Å². The fourth-order valence-electron chi connectivity index (χ4n) is 4.34. The Bertz CT molecular complexity index is 1660. The minimum absolute atomic E-state index is 0.0856. The Balaban J connectivity index is 1.93. The van der Waals surface area contributed by atoms with E-state index in [0.29, 0.717) is 38.6 Å². The first kappa shape index (κ1) is 22.1. The maximum atomic E-state index is 13.6. The average molecular weight is 470 g/mol. The van der Waals surface area contributed by atoms with Gasteiger partial charge in [-0.25, -0.2) is 9.18 Å². The summed E-state index contributed by atoms with van der Waals surface area (Å²) < 4.78 is 21.2. The summed E-state index contributed by atoms with van der Waals surface area (Å²) in [7, 11) is 1.50. The van der Waals surface area contributed by atoms with Crippen LogP contribution in [0.25, 0.3) is 44.3 Å². The topological polar surface area (TPSA) is 102 Å². The molecule has 5 aromatic rings. The second-order valence-electron chi connectivity index (χ2n) is 8.05. The number of carbonyl (C=O) groups is 3. The number of carboxylic acid groups (broad SMARTS) is 1. The highest BCUT2D eigenvalue weighted by molar-refractivity contribution is 6.20. The van der Waals surface area contributed by atoms with Crippen LogP contribution in [0.2, 0.25) is 0 Å². The number of benzene rings is 3. The van der Waals surface area contributed by atoms with E-state index in [-0.39, 0.29) is 22.8 Å². The van der Waals surface area contributed by atoms with Crippen molar-refractivity contribution in [3.8, 4) is 22.5 Å². The van der Waals surface area contributed by atoms with Gasteiger partial charge < -0.3 is 14.8 Å². The highest BCUT2D eigenvalue weighted by Gasteiger charge is 2.26. The minimum Gasteiger partial charge on any atom is -0.478 e. The maximum Gasteiger partial charge on any atom is 0.335 e. The van der Waals surface area contributed by atoms with E-state index in [1.807, 2.05) is 0 Å². The number of hydrogen-bond donors (Lipinski definition) is 2. The van der Waals surface area contributed by atoms with Crippen LogP contribution in [0.15, 0.2) is 71.3 Å². The molecule has 0 radical (unpaired) electrons. The zero-order valence-electron chi connectivity index (χ0n) is 18.8. The zero-order valence-corrected chi connectivity index (χ0v) is 18.8. The molecule has 0 aliphatic heterocycles. The maximum absolute atomic E-state index is 13.6. The zero-order chi connectivity index (χ0) is 24.9. The van der Waals surface area contributed by atoms with Crippen LogP contribution in [-0.2, 0) is 0 Å². The van der Waals surface area contributed by atoms with Gasteiger partial charge in [0.1, 0.15) is 17.2 Å². The van der Waals surface area contributed by atoms with E-state index < -0.39 is 17.7 Å². The van der Waals surface area contributed by atoms with Crippen LogP contribution in [0.5, 0.6) is 0 Å². The average Bonchev–Trinajstić information content (AvgIpc) is 3.46. The fourth-order valence-corrected chi connectivity index (χ4v) is 4.34. The second kappa shape index (κ2) is 8.25. The van der Waals surface area contributed by atoms with Crippen molar-refractivity contribution in [2.75, 3.05) is 7.05 Å².